The number of rotatable bonds is 7. The Hall–Kier alpha value is -2.25. The number of carbonyl (C=O) groups is 2. The molecule has 0 aromatic heterocycles. The van der Waals surface area contributed by atoms with Gasteiger partial charge in [-0.3, -0.25) is 4.79 Å². The highest BCUT2D eigenvalue weighted by atomic mass is 19.4. The van der Waals surface area contributed by atoms with Gasteiger partial charge in [-0.25, -0.2) is 4.79 Å². The third-order valence-electron chi connectivity index (χ3n) is 2.61. The molecule has 0 saturated carbocycles. The van der Waals surface area contributed by atoms with Crippen LogP contribution in [0, 0.1) is 0 Å². The molecule has 0 aliphatic heterocycles. The number of hydrogen-bond acceptors (Lipinski definition) is 3. The standard InChI is InChI=1S/C14H16F3NO4/c1-2-6-22-10-5-3-4-9(7-10)12(19)18-11(13(20)21)8-14(15,16)17/h3-5,7,11H,2,6,8H2,1H3,(H,18,19)(H,20,21). The average molecular weight is 319 g/mol. The first-order chi connectivity index (χ1) is 10.2. The number of benzene rings is 1. The van der Waals surface area contributed by atoms with E-state index in [0.29, 0.717) is 12.4 Å². The van der Waals surface area contributed by atoms with Gasteiger partial charge in [-0.1, -0.05) is 13.0 Å². The van der Waals surface area contributed by atoms with Gasteiger partial charge in [0.05, 0.1) is 13.0 Å². The minimum atomic E-state index is -4.69. The van der Waals surface area contributed by atoms with E-state index < -0.39 is 30.5 Å². The lowest BCUT2D eigenvalue weighted by Gasteiger charge is -2.16. The van der Waals surface area contributed by atoms with Crippen molar-refractivity contribution in [2.45, 2.75) is 32.0 Å². The molecular formula is C14H16F3NO4. The Morgan fingerprint density at radius 3 is 2.59 bits per heavy atom. The predicted molar refractivity (Wildman–Crippen MR) is 71.8 cm³/mol. The van der Waals surface area contributed by atoms with E-state index in [0.717, 1.165) is 6.42 Å². The molecule has 0 bridgehead atoms. The molecule has 0 spiro atoms. The zero-order valence-corrected chi connectivity index (χ0v) is 11.8. The average Bonchev–Trinajstić information content (AvgIpc) is 2.43. The second-order valence-electron chi connectivity index (χ2n) is 4.56. The van der Waals surface area contributed by atoms with E-state index in [1.54, 1.807) is 6.07 Å². The van der Waals surface area contributed by atoms with Crippen molar-refractivity contribution >= 4 is 11.9 Å². The Morgan fingerprint density at radius 2 is 2.05 bits per heavy atom. The van der Waals surface area contributed by atoms with Crippen molar-refractivity contribution in [3.63, 3.8) is 0 Å². The Labute approximate surface area is 125 Å². The van der Waals surface area contributed by atoms with Crippen molar-refractivity contribution in [3.05, 3.63) is 29.8 Å². The van der Waals surface area contributed by atoms with Gasteiger partial charge in [-0.05, 0) is 24.6 Å². The molecule has 0 aliphatic carbocycles. The molecule has 1 aromatic carbocycles. The highest BCUT2D eigenvalue weighted by Crippen LogP contribution is 2.22. The second-order valence-corrected chi connectivity index (χ2v) is 4.56. The summed E-state index contributed by atoms with van der Waals surface area (Å²) in [5.41, 5.74) is 0.0297. The van der Waals surface area contributed by atoms with E-state index in [-0.39, 0.29) is 5.56 Å². The van der Waals surface area contributed by atoms with Crippen molar-refractivity contribution in [2.24, 2.45) is 0 Å². The lowest BCUT2D eigenvalue weighted by atomic mass is 10.1. The SMILES string of the molecule is CCCOc1cccc(C(=O)NC(CC(F)(F)F)C(=O)O)c1. The van der Waals surface area contributed by atoms with Crippen LogP contribution < -0.4 is 10.1 Å². The van der Waals surface area contributed by atoms with Crippen LogP contribution in [0.25, 0.3) is 0 Å². The third kappa shape index (κ3) is 6.02. The largest absolute Gasteiger partial charge is 0.494 e. The van der Waals surface area contributed by atoms with Gasteiger partial charge in [0.15, 0.2) is 0 Å². The van der Waals surface area contributed by atoms with Crippen LogP contribution in [0.5, 0.6) is 5.75 Å². The number of carboxylic acids is 1. The first kappa shape index (κ1) is 17.8. The summed E-state index contributed by atoms with van der Waals surface area (Å²) in [6.45, 7) is 2.32. The maximum Gasteiger partial charge on any atom is 0.391 e. The van der Waals surface area contributed by atoms with Gasteiger partial charge in [0, 0.05) is 5.56 Å². The van der Waals surface area contributed by atoms with Crippen LogP contribution >= 0.6 is 0 Å². The van der Waals surface area contributed by atoms with Crippen LogP contribution in [0.15, 0.2) is 24.3 Å². The predicted octanol–water partition coefficient (Wildman–Crippen LogP) is 2.61. The fourth-order valence-electron chi connectivity index (χ4n) is 1.62. The van der Waals surface area contributed by atoms with Crippen LogP contribution in [-0.2, 0) is 4.79 Å². The summed E-state index contributed by atoms with van der Waals surface area (Å²) < 4.78 is 42.2. The summed E-state index contributed by atoms with van der Waals surface area (Å²) in [4.78, 5) is 22.7. The van der Waals surface area contributed by atoms with Crippen LogP contribution in [0.1, 0.15) is 30.1 Å². The number of carboxylic acid groups (broad SMARTS) is 1. The minimum Gasteiger partial charge on any atom is -0.494 e. The number of aliphatic carboxylic acids is 1. The van der Waals surface area contributed by atoms with Gasteiger partial charge in [-0.2, -0.15) is 13.2 Å². The molecule has 122 valence electrons. The summed E-state index contributed by atoms with van der Waals surface area (Å²) >= 11 is 0. The molecule has 5 nitrogen and oxygen atoms in total. The third-order valence-corrected chi connectivity index (χ3v) is 2.61. The van der Waals surface area contributed by atoms with E-state index in [1.807, 2.05) is 12.2 Å². The van der Waals surface area contributed by atoms with Gasteiger partial charge in [0.25, 0.3) is 5.91 Å². The molecule has 0 aliphatic rings. The second kappa shape index (κ2) is 7.67. The number of amides is 1. The van der Waals surface area contributed by atoms with Crippen molar-refractivity contribution in [1.82, 2.24) is 5.32 Å². The van der Waals surface area contributed by atoms with E-state index in [9.17, 15) is 22.8 Å². The molecule has 0 radical (unpaired) electrons. The van der Waals surface area contributed by atoms with Gasteiger partial charge in [0.1, 0.15) is 11.8 Å². The number of hydrogen-bond donors (Lipinski definition) is 2. The van der Waals surface area contributed by atoms with E-state index in [4.69, 9.17) is 9.84 Å². The summed E-state index contributed by atoms with van der Waals surface area (Å²) in [5, 5.41) is 10.6. The highest BCUT2D eigenvalue weighted by Gasteiger charge is 2.36. The molecule has 22 heavy (non-hydrogen) atoms. The Kier molecular flexibility index (Phi) is 6.21. The van der Waals surface area contributed by atoms with Crippen LogP contribution in [-0.4, -0.2) is 35.8 Å². The van der Waals surface area contributed by atoms with Crippen molar-refractivity contribution in [2.75, 3.05) is 6.61 Å². The molecule has 0 saturated heterocycles. The van der Waals surface area contributed by atoms with E-state index >= 15 is 0 Å². The molecule has 0 heterocycles. The molecule has 1 unspecified atom stereocenters. The Balaban J connectivity index is 2.79. The fraction of sp³-hybridized carbons (Fsp3) is 0.429. The van der Waals surface area contributed by atoms with Gasteiger partial charge < -0.3 is 15.2 Å². The van der Waals surface area contributed by atoms with Crippen molar-refractivity contribution in [3.8, 4) is 5.75 Å². The first-order valence-corrected chi connectivity index (χ1v) is 6.56. The van der Waals surface area contributed by atoms with Crippen molar-refractivity contribution < 1.29 is 32.6 Å². The van der Waals surface area contributed by atoms with E-state index in [1.165, 1.54) is 18.2 Å². The van der Waals surface area contributed by atoms with E-state index in [2.05, 4.69) is 0 Å². The molecule has 0 fully saturated rings. The lowest BCUT2D eigenvalue weighted by molar-refractivity contribution is -0.157. The Bertz CT molecular complexity index is 531. The topological polar surface area (TPSA) is 75.6 Å². The zero-order valence-electron chi connectivity index (χ0n) is 11.8. The summed E-state index contributed by atoms with van der Waals surface area (Å²) in [6, 6.07) is 3.77. The zero-order chi connectivity index (χ0) is 16.8. The maximum atomic E-state index is 12.3. The maximum absolute atomic E-state index is 12.3. The number of ether oxygens (including phenoxy) is 1. The molecular weight excluding hydrogens is 303 g/mol. The smallest absolute Gasteiger partial charge is 0.391 e. The number of carbonyl (C=O) groups excluding carboxylic acids is 1. The van der Waals surface area contributed by atoms with Crippen LogP contribution in [0.2, 0.25) is 0 Å². The molecule has 1 aromatic rings. The molecule has 8 heteroatoms. The molecule has 1 rings (SSSR count). The molecule has 1 amide bonds. The fourth-order valence-corrected chi connectivity index (χ4v) is 1.62. The minimum absolute atomic E-state index is 0.0297. The number of nitrogens with one attached hydrogen (secondary N) is 1. The quantitative estimate of drug-likeness (QED) is 0.810. The van der Waals surface area contributed by atoms with Gasteiger partial charge >= 0.3 is 12.1 Å². The van der Waals surface area contributed by atoms with Crippen LogP contribution in [0.4, 0.5) is 13.2 Å². The monoisotopic (exact) mass is 319 g/mol. The van der Waals surface area contributed by atoms with Crippen LogP contribution in [0.3, 0.4) is 0 Å². The number of halogens is 3. The Morgan fingerprint density at radius 1 is 1.36 bits per heavy atom. The molecule has 1 atom stereocenters. The summed E-state index contributed by atoms with van der Waals surface area (Å²) in [5.74, 6) is -2.26. The summed E-state index contributed by atoms with van der Waals surface area (Å²) in [7, 11) is 0. The number of alkyl halides is 3. The van der Waals surface area contributed by atoms with Gasteiger partial charge in [0.2, 0.25) is 0 Å². The van der Waals surface area contributed by atoms with Crippen molar-refractivity contribution in [1.29, 1.82) is 0 Å². The molecule has 2 N–H and O–H groups in total. The summed E-state index contributed by atoms with van der Waals surface area (Å²) in [6.07, 6.45) is -5.58. The van der Waals surface area contributed by atoms with Gasteiger partial charge in [-0.15, -0.1) is 0 Å². The normalized spacial score (nSPS) is 12.5. The first-order valence-electron chi connectivity index (χ1n) is 6.56. The highest BCUT2D eigenvalue weighted by molar-refractivity contribution is 5.96. The lowest BCUT2D eigenvalue weighted by Crippen LogP contribution is -2.43.